The van der Waals surface area contributed by atoms with E-state index in [1.165, 1.54) is 23.5 Å². The number of sulfonamides is 1. The number of hydrogen-bond acceptors (Lipinski definition) is 6. The van der Waals surface area contributed by atoms with Gasteiger partial charge >= 0.3 is 0 Å². The second kappa shape index (κ2) is 8.15. The molecule has 0 N–H and O–H groups in total. The van der Waals surface area contributed by atoms with Crippen LogP contribution >= 0.6 is 0 Å². The molecule has 0 spiro atoms. The van der Waals surface area contributed by atoms with Gasteiger partial charge < -0.3 is 9.64 Å². The van der Waals surface area contributed by atoms with Crippen LogP contribution in [-0.2, 0) is 10.0 Å². The van der Waals surface area contributed by atoms with Gasteiger partial charge in [0.1, 0.15) is 10.6 Å². The Morgan fingerprint density at radius 2 is 1.73 bits per heavy atom. The van der Waals surface area contributed by atoms with Gasteiger partial charge in [-0.3, -0.25) is 14.4 Å². The van der Waals surface area contributed by atoms with Crippen molar-refractivity contribution < 1.29 is 18.1 Å². The predicted octanol–water partition coefficient (Wildman–Crippen LogP) is 2.36. The van der Waals surface area contributed by atoms with Crippen LogP contribution in [0.4, 0.5) is 11.4 Å². The number of benzene rings is 2. The minimum Gasteiger partial charge on any atom is -0.495 e. The highest BCUT2D eigenvalue weighted by atomic mass is 32.2. The molecule has 0 amide bonds. The van der Waals surface area contributed by atoms with E-state index in [0.717, 1.165) is 6.07 Å². The molecule has 8 nitrogen and oxygen atoms in total. The van der Waals surface area contributed by atoms with E-state index >= 15 is 0 Å². The molecular formula is C17H21N3O5S. The van der Waals surface area contributed by atoms with Crippen LogP contribution in [0.3, 0.4) is 0 Å². The minimum atomic E-state index is -4.07. The maximum atomic E-state index is 13.3. The first-order valence-corrected chi connectivity index (χ1v) is 9.26. The van der Waals surface area contributed by atoms with Gasteiger partial charge in [0.2, 0.25) is 0 Å². The van der Waals surface area contributed by atoms with Crippen molar-refractivity contribution in [2.75, 3.05) is 38.6 Å². The summed E-state index contributed by atoms with van der Waals surface area (Å²) in [4.78, 5) is 12.1. The largest absolute Gasteiger partial charge is 0.495 e. The van der Waals surface area contributed by atoms with Crippen LogP contribution in [0.5, 0.6) is 5.75 Å². The first-order chi connectivity index (χ1) is 12.3. The third-order valence-corrected chi connectivity index (χ3v) is 5.57. The summed E-state index contributed by atoms with van der Waals surface area (Å²) in [6.45, 7) is 0.663. The topological polar surface area (TPSA) is 93.0 Å². The molecule has 0 heterocycles. The first kappa shape index (κ1) is 19.7. The maximum Gasteiger partial charge on any atom is 0.271 e. The number of para-hydroxylation sites is 1. The molecule has 2 rings (SSSR count). The van der Waals surface area contributed by atoms with E-state index in [1.54, 1.807) is 30.3 Å². The van der Waals surface area contributed by atoms with E-state index in [-0.39, 0.29) is 22.9 Å². The molecule has 0 aliphatic rings. The zero-order chi connectivity index (χ0) is 19.3. The van der Waals surface area contributed by atoms with E-state index in [0.29, 0.717) is 12.2 Å². The van der Waals surface area contributed by atoms with Crippen molar-refractivity contribution in [3.8, 4) is 5.75 Å². The summed E-state index contributed by atoms with van der Waals surface area (Å²) in [6.07, 6.45) is 0. The Labute approximate surface area is 152 Å². The second-order valence-corrected chi connectivity index (χ2v) is 7.64. The summed E-state index contributed by atoms with van der Waals surface area (Å²) >= 11 is 0. The molecule has 0 saturated carbocycles. The molecular weight excluding hydrogens is 358 g/mol. The highest BCUT2D eigenvalue weighted by Crippen LogP contribution is 2.32. The van der Waals surface area contributed by atoms with Gasteiger partial charge in [-0.1, -0.05) is 18.2 Å². The number of rotatable bonds is 8. The lowest BCUT2D eigenvalue weighted by molar-refractivity contribution is -0.385. The fourth-order valence-corrected chi connectivity index (χ4v) is 4.01. The van der Waals surface area contributed by atoms with Gasteiger partial charge in [-0.25, -0.2) is 8.42 Å². The summed E-state index contributed by atoms with van der Waals surface area (Å²) in [5.41, 5.74) is 0.160. The molecule has 0 aromatic heterocycles. The van der Waals surface area contributed by atoms with Crippen molar-refractivity contribution in [2.24, 2.45) is 0 Å². The number of nitrogens with zero attached hydrogens (tertiary/aromatic N) is 3. The van der Waals surface area contributed by atoms with Crippen LogP contribution in [0.15, 0.2) is 53.4 Å². The first-order valence-electron chi connectivity index (χ1n) is 7.82. The Bertz CT molecular complexity index is 869. The van der Waals surface area contributed by atoms with Crippen LogP contribution in [0, 0.1) is 10.1 Å². The van der Waals surface area contributed by atoms with Crippen molar-refractivity contribution in [1.82, 2.24) is 4.90 Å². The third kappa shape index (κ3) is 4.30. The van der Waals surface area contributed by atoms with Gasteiger partial charge in [0.15, 0.2) is 0 Å². The number of methoxy groups -OCH3 is 1. The van der Waals surface area contributed by atoms with E-state index in [1.807, 2.05) is 19.0 Å². The quantitative estimate of drug-likeness (QED) is 0.516. The Kier molecular flexibility index (Phi) is 6.17. The van der Waals surface area contributed by atoms with Crippen molar-refractivity contribution in [3.63, 3.8) is 0 Å². The summed E-state index contributed by atoms with van der Waals surface area (Å²) in [6, 6.07) is 12.1. The summed E-state index contributed by atoms with van der Waals surface area (Å²) < 4.78 is 33.0. The summed E-state index contributed by atoms with van der Waals surface area (Å²) in [7, 11) is 0.929. The van der Waals surface area contributed by atoms with Crippen molar-refractivity contribution in [2.45, 2.75) is 4.90 Å². The number of anilines is 1. The molecule has 0 fully saturated rings. The number of ether oxygens (including phenoxy) is 1. The summed E-state index contributed by atoms with van der Waals surface area (Å²) in [5, 5.41) is 11.1. The predicted molar refractivity (Wildman–Crippen MR) is 99.2 cm³/mol. The smallest absolute Gasteiger partial charge is 0.271 e. The molecule has 0 bridgehead atoms. The second-order valence-electron chi connectivity index (χ2n) is 5.81. The number of non-ortho nitro benzene ring substituents is 1. The lowest BCUT2D eigenvalue weighted by atomic mass is 10.3. The molecule has 0 radical (unpaired) electrons. The zero-order valence-corrected chi connectivity index (χ0v) is 15.6. The van der Waals surface area contributed by atoms with Crippen LogP contribution < -0.4 is 9.04 Å². The number of nitro benzene ring substituents is 1. The Balaban J connectivity index is 2.59. The number of nitro groups is 1. The van der Waals surface area contributed by atoms with Crippen LogP contribution in [0.25, 0.3) is 0 Å². The molecule has 26 heavy (non-hydrogen) atoms. The summed E-state index contributed by atoms with van der Waals surface area (Å²) in [5.74, 6) is 0.0568. The maximum absolute atomic E-state index is 13.3. The molecule has 2 aromatic carbocycles. The molecule has 0 atom stereocenters. The third-order valence-electron chi connectivity index (χ3n) is 3.72. The number of hydrogen-bond donors (Lipinski definition) is 0. The standard InChI is InChI=1S/C17H21N3O5S/c1-18(2)11-12-19(14-7-5-4-6-8-14)26(23,24)17-13-15(20(21)22)9-10-16(17)25-3/h4-10,13H,11-12H2,1-3H3. The fourth-order valence-electron chi connectivity index (χ4n) is 2.37. The van der Waals surface area contributed by atoms with Crippen molar-refractivity contribution >= 4 is 21.4 Å². The van der Waals surface area contributed by atoms with E-state index in [2.05, 4.69) is 0 Å². The van der Waals surface area contributed by atoms with Crippen LogP contribution in [-0.4, -0.2) is 52.5 Å². The highest BCUT2D eigenvalue weighted by Gasteiger charge is 2.30. The molecule has 0 aliphatic heterocycles. The van der Waals surface area contributed by atoms with E-state index < -0.39 is 14.9 Å². The van der Waals surface area contributed by atoms with E-state index in [9.17, 15) is 18.5 Å². The van der Waals surface area contributed by atoms with Crippen LogP contribution in [0.2, 0.25) is 0 Å². The average molecular weight is 379 g/mol. The highest BCUT2D eigenvalue weighted by molar-refractivity contribution is 7.93. The minimum absolute atomic E-state index is 0.0568. The monoisotopic (exact) mass is 379 g/mol. The molecule has 0 saturated heterocycles. The molecule has 2 aromatic rings. The molecule has 0 unspecified atom stereocenters. The zero-order valence-electron chi connectivity index (χ0n) is 14.8. The number of likely N-dealkylation sites (N-methyl/N-ethyl adjacent to an activating group) is 1. The molecule has 140 valence electrons. The Hall–Kier alpha value is -2.65. The van der Waals surface area contributed by atoms with Gasteiger partial charge in [0.25, 0.3) is 15.7 Å². The average Bonchev–Trinajstić information content (AvgIpc) is 2.61. The SMILES string of the molecule is COc1ccc([N+](=O)[O-])cc1S(=O)(=O)N(CCN(C)C)c1ccccc1. The lowest BCUT2D eigenvalue weighted by Gasteiger charge is -2.26. The normalized spacial score (nSPS) is 11.4. The van der Waals surface area contributed by atoms with Crippen LogP contribution in [0.1, 0.15) is 0 Å². The van der Waals surface area contributed by atoms with Crippen molar-refractivity contribution in [1.29, 1.82) is 0 Å². The Morgan fingerprint density at radius 3 is 2.27 bits per heavy atom. The van der Waals surface area contributed by atoms with Gasteiger partial charge in [0.05, 0.1) is 17.7 Å². The van der Waals surface area contributed by atoms with Crippen molar-refractivity contribution in [3.05, 3.63) is 58.6 Å². The van der Waals surface area contributed by atoms with Gasteiger partial charge in [-0.05, 0) is 32.3 Å². The Morgan fingerprint density at radius 1 is 1.08 bits per heavy atom. The lowest BCUT2D eigenvalue weighted by Crippen LogP contribution is -2.37. The van der Waals surface area contributed by atoms with Gasteiger partial charge in [0, 0.05) is 25.2 Å². The molecule has 9 heteroatoms. The van der Waals surface area contributed by atoms with Gasteiger partial charge in [-0.2, -0.15) is 0 Å². The fraction of sp³-hybridized carbons (Fsp3) is 0.294. The van der Waals surface area contributed by atoms with Gasteiger partial charge in [-0.15, -0.1) is 0 Å². The van der Waals surface area contributed by atoms with E-state index in [4.69, 9.17) is 4.74 Å². The molecule has 0 aliphatic carbocycles.